The standard InChI is InChI=1S/C18H17Cl2NO.C18H15Cl2NO.C16H13Cl2NO.C16H15Cl2N.C16H12Cl2O/c2*1-11(22)21-18-9-7-13(14-4-2-3-5-15(14)18)12-6-8-16(19)17(20)10-12;17-14-7-5-10(9-15(14)18)11-6-8-16(19-20)13-4-2-1-3-12(11)13;2*17-14-7-5-10(9-15(14)18)11-6-8-16(19)13-4-2-1-3-12(11)13/h2-6,8,10,13,18H,7,9H2,1H3,(H,21,22);2-6,8-10,13H,7H2,1H3,(H,21,22);1-5,7,9,11,20H,6,8H2;1-5,7,9,11,16H,6,8,19H2;1-5,7,9,11H,6,8H2/t13-,18+;13-;11-;11-,16+;11-/m00000/s1. The lowest BCUT2D eigenvalue weighted by Gasteiger charge is -2.32. The highest BCUT2D eigenvalue weighted by molar-refractivity contribution is 6.44. The van der Waals surface area contributed by atoms with Crippen LogP contribution in [-0.2, 0) is 9.59 Å². The van der Waals surface area contributed by atoms with E-state index >= 15 is 0 Å². The molecule has 0 saturated heterocycles. The molecule has 522 valence electrons. The van der Waals surface area contributed by atoms with E-state index in [1.807, 2.05) is 158 Å². The maximum Gasteiger partial charge on any atom is 0.221 e. The van der Waals surface area contributed by atoms with Crippen molar-refractivity contribution in [1.82, 2.24) is 10.6 Å². The van der Waals surface area contributed by atoms with Gasteiger partial charge in [-0.3, -0.25) is 14.4 Å². The minimum atomic E-state index is -0.0611. The topological polar surface area (TPSA) is 134 Å². The molecule has 0 aromatic heterocycles. The number of amides is 2. The van der Waals surface area contributed by atoms with Gasteiger partial charge in [0.15, 0.2) is 5.78 Å². The average Bonchev–Trinajstić information content (AvgIpc) is 0.816. The third kappa shape index (κ3) is 18.1. The zero-order valence-electron chi connectivity index (χ0n) is 55.7. The van der Waals surface area contributed by atoms with Crippen LogP contribution in [0.5, 0.6) is 0 Å². The first-order chi connectivity index (χ1) is 49.1. The molecule has 0 heterocycles. The highest BCUT2D eigenvalue weighted by Gasteiger charge is 2.32. The summed E-state index contributed by atoms with van der Waals surface area (Å²) in [5.74, 6) is 1.52. The number of benzene rings is 10. The summed E-state index contributed by atoms with van der Waals surface area (Å²) in [6.07, 6.45) is 9.88. The number of carbonyl (C=O) groups excluding carboxylic acids is 3. The van der Waals surface area contributed by atoms with Crippen LogP contribution in [0.25, 0.3) is 5.70 Å². The molecule has 10 aromatic rings. The summed E-state index contributed by atoms with van der Waals surface area (Å²) >= 11 is 60.6. The molecule has 2 amide bonds. The summed E-state index contributed by atoms with van der Waals surface area (Å²) in [7, 11) is 0. The maximum atomic E-state index is 11.9. The Hall–Kier alpha value is -7.12. The number of halogens is 10. The number of nitrogens with one attached hydrogen (secondary N) is 2. The quantitative estimate of drug-likeness (QED) is 0.0932. The zero-order chi connectivity index (χ0) is 72.3. The predicted octanol–water partition coefficient (Wildman–Crippen LogP) is 25.2. The molecule has 102 heavy (non-hydrogen) atoms. The van der Waals surface area contributed by atoms with Gasteiger partial charge in [-0.05, 0) is 179 Å². The fourth-order valence-electron chi connectivity index (χ4n) is 14.5. The minimum Gasteiger partial charge on any atom is -0.411 e. The highest BCUT2D eigenvalue weighted by Crippen LogP contribution is 2.46. The summed E-state index contributed by atoms with van der Waals surface area (Å²) in [5, 5.41) is 24.3. The second kappa shape index (κ2) is 35.1. The normalized spacial score (nSPS) is 19.4. The molecule has 5 N–H and O–H groups in total. The second-order valence-electron chi connectivity index (χ2n) is 25.7. The van der Waals surface area contributed by atoms with Crippen molar-refractivity contribution in [2.75, 3.05) is 0 Å². The molecular formula is C84H72Cl10N4O4. The van der Waals surface area contributed by atoms with E-state index in [2.05, 4.69) is 76.5 Å². The molecule has 8 nitrogen and oxygen atoms in total. The second-order valence-corrected chi connectivity index (χ2v) is 29.8. The maximum absolute atomic E-state index is 11.9. The van der Waals surface area contributed by atoms with E-state index in [1.165, 1.54) is 51.4 Å². The lowest BCUT2D eigenvalue weighted by Crippen LogP contribution is -2.30. The van der Waals surface area contributed by atoms with Crippen molar-refractivity contribution in [1.29, 1.82) is 0 Å². The summed E-state index contributed by atoms with van der Waals surface area (Å²) in [6, 6.07) is 69.9. The van der Waals surface area contributed by atoms with Crippen molar-refractivity contribution in [3.05, 3.63) is 352 Å². The number of allylic oxidation sites excluding steroid dienone is 1. The van der Waals surface area contributed by atoms with Gasteiger partial charge in [-0.2, -0.15) is 0 Å². The predicted molar refractivity (Wildman–Crippen MR) is 423 cm³/mol. The minimum absolute atomic E-state index is 0.00721. The van der Waals surface area contributed by atoms with Crippen molar-refractivity contribution in [3.63, 3.8) is 0 Å². The molecule has 5 aliphatic carbocycles. The fourth-order valence-corrected chi connectivity index (χ4v) is 16.1. The number of nitrogens with zero attached hydrogens (tertiary/aromatic N) is 1. The summed E-state index contributed by atoms with van der Waals surface area (Å²) in [4.78, 5) is 34.7. The van der Waals surface area contributed by atoms with Gasteiger partial charge in [0.25, 0.3) is 0 Å². The van der Waals surface area contributed by atoms with Crippen LogP contribution in [-0.4, -0.2) is 28.5 Å². The van der Waals surface area contributed by atoms with E-state index in [0.29, 0.717) is 62.6 Å². The van der Waals surface area contributed by atoms with E-state index in [9.17, 15) is 14.4 Å². The molecule has 0 saturated carbocycles. The molecule has 0 unspecified atom stereocenters. The Morgan fingerprint density at radius 1 is 0.382 bits per heavy atom. The average molecular weight is 1560 g/mol. The molecule has 0 fully saturated rings. The Morgan fingerprint density at radius 2 is 0.735 bits per heavy atom. The van der Waals surface area contributed by atoms with Gasteiger partial charge in [-0.1, -0.05) is 279 Å². The zero-order valence-corrected chi connectivity index (χ0v) is 63.2. The number of fused-ring (bicyclic) bond motifs is 5. The molecule has 18 heteroatoms. The van der Waals surface area contributed by atoms with Gasteiger partial charge in [0.2, 0.25) is 11.8 Å². The van der Waals surface area contributed by atoms with Crippen LogP contribution in [0.1, 0.15) is 202 Å². The molecule has 5 aliphatic rings. The number of oxime groups is 1. The first-order valence-corrected chi connectivity index (χ1v) is 37.4. The molecule has 10 aromatic carbocycles. The molecule has 0 bridgehead atoms. The van der Waals surface area contributed by atoms with E-state index < -0.39 is 0 Å². The largest absolute Gasteiger partial charge is 0.411 e. The third-order valence-electron chi connectivity index (χ3n) is 19.4. The molecule has 0 aliphatic heterocycles. The SMILES string of the molecule is CC(=O)NC1=CC[C@@H](c2ccc(Cl)c(Cl)c2)c2ccccc21.CC(=O)N[C@@H]1CC[C@@H](c2ccc(Cl)c(Cl)c2)c2ccccc21.N[C@@H]1CC[C@@H](c2ccc(Cl)c(Cl)c2)c2ccccc21.O=C1CC[C@@H](c2ccc(Cl)c(Cl)c2)c2ccccc21.ON=C1CC[C@@H](c2ccc(Cl)c(Cl)c2)c2ccccc21. The smallest absolute Gasteiger partial charge is 0.221 e. The number of rotatable bonds is 7. The van der Waals surface area contributed by atoms with Gasteiger partial charge in [0.1, 0.15) is 0 Å². The van der Waals surface area contributed by atoms with Crippen molar-refractivity contribution < 1.29 is 19.6 Å². The van der Waals surface area contributed by atoms with Gasteiger partial charge in [0.05, 0.1) is 62.0 Å². The van der Waals surface area contributed by atoms with Gasteiger partial charge >= 0.3 is 0 Å². The van der Waals surface area contributed by atoms with Crippen LogP contribution in [0.4, 0.5) is 0 Å². The van der Waals surface area contributed by atoms with Gasteiger partial charge in [-0.25, -0.2) is 0 Å². The molecular weight excluding hydrogens is 1480 g/mol. The number of Topliss-reactive ketones (excluding diaryl/α,β-unsaturated/α-hetero) is 1. The Labute approximate surface area is 646 Å². The van der Waals surface area contributed by atoms with Gasteiger partial charge in [-0.15, -0.1) is 0 Å². The van der Waals surface area contributed by atoms with E-state index in [4.69, 9.17) is 127 Å². The number of hydrogen-bond acceptors (Lipinski definition) is 6. The van der Waals surface area contributed by atoms with Crippen molar-refractivity contribution in [2.24, 2.45) is 10.9 Å². The monoisotopic (exact) mass is 1550 g/mol. The van der Waals surface area contributed by atoms with E-state index in [0.717, 1.165) is 102 Å². The van der Waals surface area contributed by atoms with Crippen molar-refractivity contribution in [2.45, 2.75) is 113 Å². The van der Waals surface area contributed by atoms with Crippen LogP contribution in [0.3, 0.4) is 0 Å². The molecule has 0 spiro atoms. The summed E-state index contributed by atoms with van der Waals surface area (Å²) < 4.78 is 0. The number of nitrogens with two attached hydrogens (primary N) is 1. The van der Waals surface area contributed by atoms with Gasteiger partial charge in [0, 0.05) is 78.3 Å². The first-order valence-electron chi connectivity index (χ1n) is 33.6. The fraction of sp³-hybridized carbons (Fsp3) is 0.214. The third-order valence-corrected chi connectivity index (χ3v) is 23.1. The van der Waals surface area contributed by atoms with Crippen LogP contribution >= 0.6 is 116 Å². The van der Waals surface area contributed by atoms with Crippen LogP contribution in [0.15, 0.2) is 224 Å². The van der Waals surface area contributed by atoms with Crippen LogP contribution in [0.2, 0.25) is 50.2 Å². The van der Waals surface area contributed by atoms with Gasteiger partial charge < -0.3 is 21.6 Å². The van der Waals surface area contributed by atoms with E-state index in [1.54, 1.807) is 6.92 Å². The first kappa shape index (κ1) is 76.0. The van der Waals surface area contributed by atoms with Crippen molar-refractivity contribution >= 4 is 145 Å². The molecule has 7 atom stereocenters. The Kier molecular flexibility index (Phi) is 26.2. The Morgan fingerprint density at radius 3 is 1.18 bits per heavy atom. The lowest BCUT2D eigenvalue weighted by atomic mass is 9.77. The summed E-state index contributed by atoms with van der Waals surface area (Å²) in [6.45, 7) is 3.09. The van der Waals surface area contributed by atoms with Crippen LogP contribution in [0, 0.1) is 0 Å². The van der Waals surface area contributed by atoms with E-state index in [-0.39, 0.29) is 53.4 Å². The molecule has 15 rings (SSSR count). The summed E-state index contributed by atoms with van der Waals surface area (Å²) in [5.41, 5.74) is 25.0. The van der Waals surface area contributed by atoms with Crippen molar-refractivity contribution in [3.8, 4) is 0 Å². The number of hydrogen-bond donors (Lipinski definition) is 4. The lowest BCUT2D eigenvalue weighted by molar-refractivity contribution is -0.120. The Balaban J connectivity index is 0.000000128. The number of ketones is 1. The Bertz CT molecular complexity index is 4810. The number of carbonyl (C=O) groups is 3. The highest BCUT2D eigenvalue weighted by atomic mass is 35.5. The molecule has 0 radical (unpaired) electrons. The van der Waals surface area contributed by atoms with Crippen LogP contribution < -0.4 is 16.4 Å².